The number of carbonyl (C=O) groups excluding carboxylic acids is 1. The summed E-state index contributed by atoms with van der Waals surface area (Å²) < 4.78 is 0. The van der Waals surface area contributed by atoms with Crippen LogP contribution in [0.4, 0.5) is 4.79 Å². The fraction of sp³-hybridized carbons (Fsp3) is 0.533. The first-order valence-electron chi connectivity index (χ1n) is 6.96. The van der Waals surface area contributed by atoms with Gasteiger partial charge in [-0.05, 0) is 37.0 Å². The van der Waals surface area contributed by atoms with Crippen molar-refractivity contribution in [3.8, 4) is 0 Å². The van der Waals surface area contributed by atoms with Crippen LogP contribution in [0.3, 0.4) is 0 Å². The lowest BCUT2D eigenvalue weighted by Crippen LogP contribution is -2.50. The molecule has 0 saturated carbocycles. The molecule has 2 amide bonds. The molecule has 0 spiro atoms. The van der Waals surface area contributed by atoms with E-state index >= 15 is 0 Å². The number of urea groups is 1. The third kappa shape index (κ3) is 3.96. The van der Waals surface area contributed by atoms with Crippen molar-refractivity contribution >= 4 is 6.03 Å². The van der Waals surface area contributed by atoms with Crippen LogP contribution in [-0.4, -0.2) is 43.7 Å². The number of nitrogens with zero attached hydrogens (tertiary/aromatic N) is 1. The lowest BCUT2D eigenvalue weighted by atomic mass is 10.0. The maximum absolute atomic E-state index is 11.9. The molecular weight excluding hydrogens is 238 g/mol. The van der Waals surface area contributed by atoms with Crippen molar-refractivity contribution in [1.82, 2.24) is 15.5 Å². The average Bonchev–Trinajstić information content (AvgIpc) is 2.43. The predicted octanol–water partition coefficient (Wildman–Crippen LogP) is 1.46. The van der Waals surface area contributed by atoms with Gasteiger partial charge in [-0.1, -0.05) is 18.2 Å². The minimum Gasteiger partial charge on any atom is -0.338 e. The monoisotopic (exact) mass is 261 g/mol. The van der Waals surface area contributed by atoms with Gasteiger partial charge in [0.25, 0.3) is 0 Å². The molecule has 1 aromatic carbocycles. The fourth-order valence-electron chi connectivity index (χ4n) is 2.25. The van der Waals surface area contributed by atoms with E-state index in [4.69, 9.17) is 0 Å². The number of aryl methyl sites for hydroxylation is 2. The van der Waals surface area contributed by atoms with Crippen molar-refractivity contribution in [3.05, 3.63) is 34.9 Å². The molecule has 1 aromatic rings. The number of piperazine rings is 1. The number of hydrogen-bond donors (Lipinski definition) is 2. The van der Waals surface area contributed by atoms with Gasteiger partial charge in [-0.15, -0.1) is 0 Å². The normalized spacial score (nSPS) is 15.4. The van der Waals surface area contributed by atoms with E-state index < -0.39 is 0 Å². The van der Waals surface area contributed by atoms with Crippen molar-refractivity contribution in [2.24, 2.45) is 0 Å². The van der Waals surface area contributed by atoms with Crippen molar-refractivity contribution in [2.75, 3.05) is 32.7 Å². The molecule has 0 atom stereocenters. The zero-order valence-corrected chi connectivity index (χ0v) is 11.8. The van der Waals surface area contributed by atoms with E-state index in [1.54, 1.807) is 0 Å². The van der Waals surface area contributed by atoms with Gasteiger partial charge < -0.3 is 15.5 Å². The minimum absolute atomic E-state index is 0.0605. The Morgan fingerprint density at radius 1 is 1.26 bits per heavy atom. The molecule has 104 valence electrons. The second-order valence-corrected chi connectivity index (χ2v) is 5.14. The van der Waals surface area contributed by atoms with Crippen LogP contribution in [0, 0.1) is 13.8 Å². The first-order chi connectivity index (χ1) is 9.16. The van der Waals surface area contributed by atoms with Crippen molar-refractivity contribution in [3.63, 3.8) is 0 Å². The maximum atomic E-state index is 11.9. The van der Waals surface area contributed by atoms with Crippen molar-refractivity contribution in [2.45, 2.75) is 20.3 Å². The zero-order valence-electron chi connectivity index (χ0n) is 11.8. The highest BCUT2D eigenvalue weighted by molar-refractivity contribution is 5.74. The first kappa shape index (κ1) is 13.9. The SMILES string of the molecule is Cc1ccc(CCNC(=O)N2CCNCC2)cc1C. The Labute approximate surface area is 115 Å². The summed E-state index contributed by atoms with van der Waals surface area (Å²) >= 11 is 0. The van der Waals surface area contributed by atoms with Gasteiger partial charge in [-0.3, -0.25) is 0 Å². The molecule has 0 unspecified atom stereocenters. The highest BCUT2D eigenvalue weighted by Gasteiger charge is 2.14. The molecule has 19 heavy (non-hydrogen) atoms. The van der Waals surface area contributed by atoms with Gasteiger partial charge in [0.2, 0.25) is 0 Å². The van der Waals surface area contributed by atoms with Crippen LogP contribution in [-0.2, 0) is 6.42 Å². The number of benzene rings is 1. The van der Waals surface area contributed by atoms with Gasteiger partial charge in [0.15, 0.2) is 0 Å². The molecule has 1 aliphatic rings. The molecule has 4 nitrogen and oxygen atoms in total. The number of amides is 2. The molecule has 1 fully saturated rings. The van der Waals surface area contributed by atoms with Crippen LogP contribution in [0.5, 0.6) is 0 Å². The van der Waals surface area contributed by atoms with E-state index in [0.29, 0.717) is 6.54 Å². The Bertz CT molecular complexity index is 439. The van der Waals surface area contributed by atoms with Gasteiger partial charge in [0, 0.05) is 32.7 Å². The fourth-order valence-corrected chi connectivity index (χ4v) is 2.25. The lowest BCUT2D eigenvalue weighted by Gasteiger charge is -2.27. The van der Waals surface area contributed by atoms with Crippen molar-refractivity contribution < 1.29 is 4.79 Å². The molecule has 4 heteroatoms. The molecule has 0 bridgehead atoms. The Balaban J connectivity index is 1.76. The summed E-state index contributed by atoms with van der Waals surface area (Å²) in [6, 6.07) is 6.54. The van der Waals surface area contributed by atoms with Gasteiger partial charge >= 0.3 is 6.03 Å². The van der Waals surface area contributed by atoms with E-state index in [9.17, 15) is 4.79 Å². The van der Waals surface area contributed by atoms with Crippen LogP contribution in [0.15, 0.2) is 18.2 Å². The molecule has 2 rings (SSSR count). The summed E-state index contributed by atoms with van der Waals surface area (Å²) in [7, 11) is 0. The molecule has 1 heterocycles. The Morgan fingerprint density at radius 2 is 2.00 bits per heavy atom. The topological polar surface area (TPSA) is 44.4 Å². The Hall–Kier alpha value is -1.55. The van der Waals surface area contributed by atoms with Gasteiger partial charge in [0.05, 0.1) is 0 Å². The first-order valence-corrected chi connectivity index (χ1v) is 6.96. The molecule has 1 saturated heterocycles. The highest BCUT2D eigenvalue weighted by atomic mass is 16.2. The van der Waals surface area contributed by atoms with Crippen LogP contribution in [0.2, 0.25) is 0 Å². The second-order valence-electron chi connectivity index (χ2n) is 5.14. The van der Waals surface area contributed by atoms with Crippen LogP contribution in [0.25, 0.3) is 0 Å². The third-order valence-corrected chi connectivity index (χ3v) is 3.67. The highest BCUT2D eigenvalue weighted by Crippen LogP contribution is 2.09. The van der Waals surface area contributed by atoms with Gasteiger partial charge in [0.1, 0.15) is 0 Å². The lowest BCUT2D eigenvalue weighted by molar-refractivity contribution is 0.190. The molecule has 0 radical (unpaired) electrons. The number of hydrogen-bond acceptors (Lipinski definition) is 2. The number of nitrogens with one attached hydrogen (secondary N) is 2. The van der Waals surface area contributed by atoms with Gasteiger partial charge in [-0.2, -0.15) is 0 Å². The molecule has 2 N–H and O–H groups in total. The third-order valence-electron chi connectivity index (χ3n) is 3.67. The molecule has 0 aromatic heterocycles. The van der Waals surface area contributed by atoms with Gasteiger partial charge in [-0.25, -0.2) is 4.79 Å². The molecule has 0 aliphatic carbocycles. The number of rotatable bonds is 3. The van der Waals surface area contributed by atoms with Crippen LogP contribution in [0.1, 0.15) is 16.7 Å². The smallest absolute Gasteiger partial charge is 0.317 e. The van der Waals surface area contributed by atoms with Crippen molar-refractivity contribution in [1.29, 1.82) is 0 Å². The summed E-state index contributed by atoms with van der Waals surface area (Å²) in [4.78, 5) is 13.8. The molecule has 1 aliphatic heterocycles. The summed E-state index contributed by atoms with van der Waals surface area (Å²) in [5, 5.41) is 6.24. The maximum Gasteiger partial charge on any atom is 0.317 e. The Kier molecular flexibility index (Phi) is 4.80. The van der Waals surface area contributed by atoms with E-state index in [2.05, 4.69) is 42.7 Å². The summed E-state index contributed by atoms with van der Waals surface area (Å²) in [5.41, 5.74) is 3.91. The largest absolute Gasteiger partial charge is 0.338 e. The number of carbonyl (C=O) groups is 1. The summed E-state index contributed by atoms with van der Waals surface area (Å²) in [6.45, 7) is 8.33. The summed E-state index contributed by atoms with van der Waals surface area (Å²) in [5.74, 6) is 0. The standard InChI is InChI=1S/C15H23N3O/c1-12-3-4-14(11-13(12)2)5-6-17-15(19)18-9-7-16-8-10-18/h3-4,11,16H,5-10H2,1-2H3,(H,17,19). The predicted molar refractivity (Wildman–Crippen MR) is 77.5 cm³/mol. The Morgan fingerprint density at radius 3 is 2.68 bits per heavy atom. The van der Waals surface area contributed by atoms with Crippen LogP contribution >= 0.6 is 0 Å². The average molecular weight is 261 g/mol. The zero-order chi connectivity index (χ0) is 13.7. The minimum atomic E-state index is 0.0605. The summed E-state index contributed by atoms with van der Waals surface area (Å²) in [6.07, 6.45) is 0.888. The van der Waals surface area contributed by atoms with E-state index in [1.807, 2.05) is 4.90 Å². The van der Waals surface area contributed by atoms with E-state index in [1.165, 1.54) is 16.7 Å². The quantitative estimate of drug-likeness (QED) is 0.865. The van der Waals surface area contributed by atoms with E-state index in [0.717, 1.165) is 32.6 Å². The van der Waals surface area contributed by atoms with E-state index in [-0.39, 0.29) is 6.03 Å². The second kappa shape index (κ2) is 6.57. The molecular formula is C15H23N3O. The van der Waals surface area contributed by atoms with Crippen LogP contribution < -0.4 is 10.6 Å².